The number of benzene rings is 2. The number of halogens is 1. The molecule has 1 aliphatic heterocycles. The summed E-state index contributed by atoms with van der Waals surface area (Å²) in [5, 5.41) is 0. The predicted molar refractivity (Wildman–Crippen MR) is 89.2 cm³/mol. The van der Waals surface area contributed by atoms with Gasteiger partial charge in [0.2, 0.25) is 0 Å². The molecule has 1 heterocycles. The molecular formula is C18H13BrO3. The van der Waals surface area contributed by atoms with Crippen molar-refractivity contribution in [2.45, 2.75) is 0 Å². The summed E-state index contributed by atoms with van der Waals surface area (Å²) in [6.45, 7) is 0. The monoisotopic (exact) mass is 356 g/mol. The van der Waals surface area contributed by atoms with E-state index in [1.807, 2.05) is 48.5 Å². The molecule has 0 aromatic heterocycles. The Balaban J connectivity index is 1.96. The van der Waals surface area contributed by atoms with Crippen LogP contribution in [-0.2, 0) is 9.53 Å². The molecule has 0 saturated heterocycles. The van der Waals surface area contributed by atoms with E-state index in [-0.39, 0.29) is 5.97 Å². The minimum atomic E-state index is -0.358. The van der Waals surface area contributed by atoms with Gasteiger partial charge >= 0.3 is 5.97 Å². The molecule has 4 heteroatoms. The summed E-state index contributed by atoms with van der Waals surface area (Å²) >= 11 is 3.39. The summed E-state index contributed by atoms with van der Waals surface area (Å²) in [5.74, 6) is 0.913. The molecule has 0 unspecified atom stereocenters. The van der Waals surface area contributed by atoms with Gasteiger partial charge in [-0.3, -0.25) is 0 Å². The third-order valence-electron chi connectivity index (χ3n) is 3.30. The molecule has 2 aromatic carbocycles. The zero-order valence-corrected chi connectivity index (χ0v) is 13.5. The van der Waals surface area contributed by atoms with Gasteiger partial charge in [0.1, 0.15) is 11.5 Å². The molecule has 3 nitrogen and oxygen atoms in total. The van der Waals surface area contributed by atoms with E-state index in [2.05, 4.69) is 15.9 Å². The average molecular weight is 357 g/mol. The topological polar surface area (TPSA) is 35.5 Å². The first-order chi connectivity index (χ1) is 10.7. The molecule has 1 aliphatic rings. The number of hydrogen-bond acceptors (Lipinski definition) is 3. The van der Waals surface area contributed by atoms with Gasteiger partial charge in [-0.15, -0.1) is 0 Å². The molecule has 0 saturated carbocycles. The Bertz CT molecular complexity index is 773. The van der Waals surface area contributed by atoms with E-state index >= 15 is 0 Å². The van der Waals surface area contributed by atoms with Crippen LogP contribution in [0.1, 0.15) is 11.1 Å². The highest BCUT2D eigenvalue weighted by Crippen LogP contribution is 2.29. The average Bonchev–Trinajstić information content (AvgIpc) is 2.89. The Morgan fingerprint density at radius 3 is 2.55 bits per heavy atom. The van der Waals surface area contributed by atoms with Crippen LogP contribution in [0, 0.1) is 0 Å². The molecule has 3 rings (SSSR count). The van der Waals surface area contributed by atoms with Gasteiger partial charge in [0.15, 0.2) is 0 Å². The Morgan fingerprint density at radius 1 is 1.09 bits per heavy atom. The molecule has 0 fully saturated rings. The Kier molecular flexibility index (Phi) is 4.11. The first-order valence-electron chi connectivity index (χ1n) is 6.72. The highest BCUT2D eigenvalue weighted by atomic mass is 79.9. The van der Waals surface area contributed by atoms with E-state index in [0.29, 0.717) is 17.1 Å². The lowest BCUT2D eigenvalue weighted by molar-refractivity contribution is -0.130. The van der Waals surface area contributed by atoms with Crippen LogP contribution >= 0.6 is 15.9 Å². The van der Waals surface area contributed by atoms with Gasteiger partial charge in [0.05, 0.1) is 12.7 Å². The molecule has 0 amide bonds. The van der Waals surface area contributed by atoms with Crippen molar-refractivity contribution in [3.05, 3.63) is 75.8 Å². The Hall–Kier alpha value is -2.33. The van der Waals surface area contributed by atoms with Crippen LogP contribution in [0.3, 0.4) is 0 Å². The summed E-state index contributed by atoms with van der Waals surface area (Å²) < 4.78 is 11.6. The fraction of sp³-hybridized carbons (Fsp3) is 0.0556. The molecular weight excluding hydrogens is 344 g/mol. The lowest BCUT2D eigenvalue weighted by Crippen LogP contribution is -1.97. The summed E-state index contributed by atoms with van der Waals surface area (Å²) in [7, 11) is 1.60. The molecule has 0 N–H and O–H groups in total. The largest absolute Gasteiger partial charge is 0.496 e. The van der Waals surface area contributed by atoms with Crippen molar-refractivity contribution in [3.63, 3.8) is 0 Å². The van der Waals surface area contributed by atoms with Crippen LogP contribution in [-0.4, -0.2) is 13.1 Å². The zero-order chi connectivity index (χ0) is 15.5. The number of rotatable bonds is 3. The van der Waals surface area contributed by atoms with Crippen molar-refractivity contribution >= 4 is 33.7 Å². The highest BCUT2D eigenvalue weighted by Gasteiger charge is 2.22. The van der Waals surface area contributed by atoms with Gasteiger partial charge in [0, 0.05) is 15.6 Å². The van der Waals surface area contributed by atoms with Gasteiger partial charge in [-0.05, 0) is 30.4 Å². The number of cyclic esters (lactones) is 1. The number of carbonyl (C=O) groups excluding carboxylic acids is 1. The van der Waals surface area contributed by atoms with Crippen molar-refractivity contribution in [2.75, 3.05) is 7.11 Å². The van der Waals surface area contributed by atoms with Crippen LogP contribution in [0.2, 0.25) is 0 Å². The number of hydrogen-bond donors (Lipinski definition) is 0. The second-order valence-electron chi connectivity index (χ2n) is 4.75. The fourth-order valence-corrected chi connectivity index (χ4v) is 2.46. The summed E-state index contributed by atoms with van der Waals surface area (Å²) in [4.78, 5) is 12.0. The van der Waals surface area contributed by atoms with Crippen molar-refractivity contribution in [2.24, 2.45) is 0 Å². The maximum absolute atomic E-state index is 12.0. The van der Waals surface area contributed by atoms with Crippen LogP contribution in [0.25, 0.3) is 11.8 Å². The van der Waals surface area contributed by atoms with Gasteiger partial charge in [-0.2, -0.15) is 0 Å². The van der Waals surface area contributed by atoms with Gasteiger partial charge in [0.25, 0.3) is 0 Å². The minimum absolute atomic E-state index is 0.358. The molecule has 0 radical (unpaired) electrons. The normalized spacial score (nSPS) is 15.6. The van der Waals surface area contributed by atoms with Crippen LogP contribution in [0.15, 0.2) is 64.7 Å². The van der Waals surface area contributed by atoms with Crippen LogP contribution in [0.4, 0.5) is 0 Å². The van der Waals surface area contributed by atoms with E-state index in [0.717, 1.165) is 15.6 Å². The second kappa shape index (κ2) is 6.20. The quantitative estimate of drug-likeness (QED) is 0.602. The third-order valence-corrected chi connectivity index (χ3v) is 3.83. The molecule has 0 aliphatic carbocycles. The minimum Gasteiger partial charge on any atom is -0.496 e. The van der Waals surface area contributed by atoms with Crippen molar-refractivity contribution in [1.29, 1.82) is 0 Å². The number of esters is 1. The number of ether oxygens (including phenoxy) is 2. The van der Waals surface area contributed by atoms with E-state index in [1.54, 1.807) is 19.3 Å². The standard InChI is InChI=1S/C18H13BrO3/c1-21-16-5-3-2-4-13(16)10-14-11-17(22-18(14)20)12-6-8-15(19)9-7-12/h2-11H,1H3/b14-10-. The molecule has 22 heavy (non-hydrogen) atoms. The van der Waals surface area contributed by atoms with E-state index in [9.17, 15) is 4.79 Å². The lowest BCUT2D eigenvalue weighted by Gasteiger charge is -2.03. The van der Waals surface area contributed by atoms with E-state index < -0.39 is 0 Å². The van der Waals surface area contributed by atoms with Crippen molar-refractivity contribution in [1.82, 2.24) is 0 Å². The van der Waals surface area contributed by atoms with E-state index in [1.165, 1.54) is 0 Å². The first-order valence-corrected chi connectivity index (χ1v) is 7.51. The number of methoxy groups -OCH3 is 1. The van der Waals surface area contributed by atoms with Crippen LogP contribution < -0.4 is 4.74 Å². The van der Waals surface area contributed by atoms with E-state index in [4.69, 9.17) is 9.47 Å². The summed E-state index contributed by atoms with van der Waals surface area (Å²) in [6.07, 6.45) is 3.52. The van der Waals surface area contributed by atoms with Crippen molar-refractivity contribution < 1.29 is 14.3 Å². The molecule has 0 bridgehead atoms. The lowest BCUT2D eigenvalue weighted by atomic mass is 10.1. The van der Waals surface area contributed by atoms with Gasteiger partial charge in [-0.1, -0.05) is 46.3 Å². The van der Waals surface area contributed by atoms with Gasteiger partial charge in [-0.25, -0.2) is 4.79 Å². The second-order valence-corrected chi connectivity index (χ2v) is 5.66. The van der Waals surface area contributed by atoms with Crippen molar-refractivity contribution in [3.8, 4) is 5.75 Å². The van der Waals surface area contributed by atoms with Crippen LogP contribution in [0.5, 0.6) is 5.75 Å². The summed E-state index contributed by atoms with van der Waals surface area (Å²) in [6, 6.07) is 15.1. The molecule has 0 spiro atoms. The maximum atomic E-state index is 12.0. The Morgan fingerprint density at radius 2 is 1.82 bits per heavy atom. The fourth-order valence-electron chi connectivity index (χ4n) is 2.20. The molecule has 110 valence electrons. The first kappa shape index (κ1) is 14.6. The maximum Gasteiger partial charge on any atom is 0.343 e. The Labute approximate surface area is 137 Å². The molecule has 0 atom stereocenters. The summed E-state index contributed by atoms with van der Waals surface area (Å²) in [5.41, 5.74) is 2.20. The molecule has 2 aromatic rings. The SMILES string of the molecule is COc1ccccc1/C=C1/C=C(c2ccc(Br)cc2)OC1=O. The van der Waals surface area contributed by atoms with Gasteiger partial charge < -0.3 is 9.47 Å². The zero-order valence-electron chi connectivity index (χ0n) is 11.9. The number of carbonyl (C=O) groups is 1. The third kappa shape index (κ3) is 2.97. The number of para-hydroxylation sites is 1. The highest BCUT2D eigenvalue weighted by molar-refractivity contribution is 9.10. The predicted octanol–water partition coefficient (Wildman–Crippen LogP) is 4.44. The smallest absolute Gasteiger partial charge is 0.343 e.